The SMILES string of the molecule is CCCOCCOCCOCCOCCOCCOCCOCCOCCCC(=O)C1=NCC([N+](=O)[O-])=C1.O=CO. The molecule has 1 N–H and O–H groups in total. The number of nitrogens with zero attached hydrogens (tertiary/aromatic N) is 2. The maximum absolute atomic E-state index is 11.9. The molecule has 0 amide bonds. The fourth-order valence-electron chi connectivity index (χ4n) is 2.94. The second kappa shape index (κ2) is 30.6. The van der Waals surface area contributed by atoms with Crippen LogP contribution in [-0.2, 0) is 47.5 Å². The minimum Gasteiger partial charge on any atom is -0.483 e. The van der Waals surface area contributed by atoms with Gasteiger partial charge in [-0.05, 0) is 12.8 Å². The van der Waals surface area contributed by atoms with Crippen LogP contribution >= 0.6 is 0 Å². The first kappa shape index (κ1) is 38.6. The molecule has 0 unspecified atom stereocenters. The summed E-state index contributed by atoms with van der Waals surface area (Å²) in [5.74, 6) is -0.206. The van der Waals surface area contributed by atoms with Crippen LogP contribution in [0, 0.1) is 10.1 Å². The number of rotatable bonds is 29. The first-order valence-corrected chi connectivity index (χ1v) is 13.7. The first-order valence-electron chi connectivity index (χ1n) is 13.7. The molecule has 0 saturated carbocycles. The zero-order valence-corrected chi connectivity index (χ0v) is 24.0. The van der Waals surface area contributed by atoms with Crippen LogP contribution in [0.4, 0.5) is 0 Å². The highest BCUT2D eigenvalue weighted by molar-refractivity contribution is 6.44. The molecule has 15 nitrogen and oxygen atoms in total. The van der Waals surface area contributed by atoms with E-state index in [1.165, 1.54) is 6.08 Å². The summed E-state index contributed by atoms with van der Waals surface area (Å²) in [6.45, 7) is 9.99. The normalized spacial score (nSPS) is 12.4. The largest absolute Gasteiger partial charge is 0.483 e. The number of ether oxygens (including phenoxy) is 8. The molecule has 0 atom stereocenters. The van der Waals surface area contributed by atoms with E-state index < -0.39 is 4.92 Å². The Morgan fingerprint density at radius 3 is 1.44 bits per heavy atom. The Hall–Kier alpha value is -2.37. The highest BCUT2D eigenvalue weighted by Gasteiger charge is 2.21. The molecule has 1 aliphatic rings. The molecule has 0 aliphatic carbocycles. The van der Waals surface area contributed by atoms with E-state index in [2.05, 4.69) is 11.9 Å². The average molecular weight is 595 g/mol. The van der Waals surface area contributed by atoms with Crippen LogP contribution in [-0.4, -0.2) is 140 Å². The summed E-state index contributed by atoms with van der Waals surface area (Å²) >= 11 is 0. The minimum atomic E-state index is -0.520. The molecule has 0 fully saturated rings. The predicted molar refractivity (Wildman–Crippen MR) is 147 cm³/mol. The predicted octanol–water partition coefficient (Wildman–Crippen LogP) is 1.19. The van der Waals surface area contributed by atoms with Gasteiger partial charge in [-0.3, -0.25) is 24.7 Å². The van der Waals surface area contributed by atoms with Crippen molar-refractivity contribution in [3.8, 4) is 0 Å². The van der Waals surface area contributed by atoms with Gasteiger partial charge in [-0.25, -0.2) is 0 Å². The topological polar surface area (TPSA) is 184 Å². The summed E-state index contributed by atoms with van der Waals surface area (Å²) in [6.07, 6.45) is 3.02. The number of nitro groups is 1. The Bertz CT molecular complexity index is 719. The number of Topliss-reactive ketones (excluding diaryl/α,β-unsaturated/α-hetero) is 1. The molecule has 1 heterocycles. The monoisotopic (exact) mass is 594 g/mol. The average Bonchev–Trinajstić information content (AvgIpc) is 3.46. The van der Waals surface area contributed by atoms with Crippen LogP contribution in [0.1, 0.15) is 26.2 Å². The highest BCUT2D eigenvalue weighted by atomic mass is 16.6. The molecule has 0 bridgehead atoms. The van der Waals surface area contributed by atoms with Crippen LogP contribution in [0.15, 0.2) is 16.8 Å². The van der Waals surface area contributed by atoms with Crippen molar-refractivity contribution in [2.45, 2.75) is 26.2 Å². The van der Waals surface area contributed by atoms with Gasteiger partial charge < -0.3 is 43.0 Å². The van der Waals surface area contributed by atoms with E-state index in [1.54, 1.807) is 0 Å². The summed E-state index contributed by atoms with van der Waals surface area (Å²) in [6, 6.07) is 0. The molecular weight excluding hydrogens is 548 g/mol. The van der Waals surface area contributed by atoms with Crippen molar-refractivity contribution in [1.29, 1.82) is 0 Å². The van der Waals surface area contributed by atoms with Crippen molar-refractivity contribution in [3.05, 3.63) is 21.9 Å². The second-order valence-corrected chi connectivity index (χ2v) is 8.13. The van der Waals surface area contributed by atoms with Gasteiger partial charge in [0.25, 0.3) is 12.2 Å². The fraction of sp³-hybridized carbons (Fsp3) is 0.808. The summed E-state index contributed by atoms with van der Waals surface area (Å²) < 4.78 is 43.2. The standard InChI is InChI=1S/C25H44N2O11.CH2O2/c1-2-5-31-7-9-33-11-13-35-15-17-37-19-20-38-18-16-36-14-12-34-10-8-32-6-3-4-25(28)24-21-23(22-26-24)27(29)30;2-1-3/h21H,2-20,22H2,1H3;1H,(H,2,3). The van der Waals surface area contributed by atoms with Crippen LogP contribution < -0.4 is 0 Å². The zero-order valence-electron chi connectivity index (χ0n) is 24.0. The van der Waals surface area contributed by atoms with Gasteiger partial charge in [-0.15, -0.1) is 0 Å². The summed E-state index contributed by atoms with van der Waals surface area (Å²) in [5, 5.41) is 17.5. The molecule has 1 rings (SSSR count). The lowest BCUT2D eigenvalue weighted by Crippen LogP contribution is -2.15. The maximum atomic E-state index is 11.9. The van der Waals surface area contributed by atoms with Gasteiger partial charge in [-0.1, -0.05) is 6.92 Å². The van der Waals surface area contributed by atoms with Crippen molar-refractivity contribution in [2.75, 3.05) is 112 Å². The third kappa shape index (κ3) is 26.3. The molecule has 0 radical (unpaired) electrons. The smallest absolute Gasteiger partial charge is 0.290 e. The van der Waals surface area contributed by atoms with E-state index in [-0.39, 0.29) is 36.6 Å². The van der Waals surface area contributed by atoms with Gasteiger partial charge in [0, 0.05) is 25.7 Å². The fourth-order valence-corrected chi connectivity index (χ4v) is 2.94. The second-order valence-electron chi connectivity index (χ2n) is 8.13. The van der Waals surface area contributed by atoms with E-state index >= 15 is 0 Å². The molecule has 1 aliphatic heterocycles. The minimum absolute atomic E-state index is 0.0437. The lowest BCUT2D eigenvalue weighted by molar-refractivity contribution is -0.424. The Morgan fingerprint density at radius 2 is 1.12 bits per heavy atom. The van der Waals surface area contributed by atoms with E-state index in [9.17, 15) is 14.9 Å². The van der Waals surface area contributed by atoms with E-state index in [0.29, 0.717) is 106 Å². The summed E-state index contributed by atoms with van der Waals surface area (Å²) in [7, 11) is 0. The third-order valence-corrected chi connectivity index (χ3v) is 4.88. The van der Waals surface area contributed by atoms with Crippen LogP contribution in [0.5, 0.6) is 0 Å². The molecule has 0 aromatic carbocycles. The molecule has 0 spiro atoms. The Kier molecular flexibility index (Phi) is 28.8. The van der Waals surface area contributed by atoms with Gasteiger partial charge in [0.1, 0.15) is 12.3 Å². The van der Waals surface area contributed by atoms with Gasteiger partial charge in [-0.2, -0.15) is 0 Å². The number of hydrogen-bond acceptors (Lipinski definition) is 13. The van der Waals surface area contributed by atoms with Crippen LogP contribution in [0.25, 0.3) is 0 Å². The quantitative estimate of drug-likeness (QED) is 0.0564. The van der Waals surface area contributed by atoms with E-state index in [1.807, 2.05) is 0 Å². The number of carbonyl (C=O) groups is 2. The molecular formula is C26H46N2O13. The lowest BCUT2D eigenvalue weighted by atomic mass is 10.1. The number of hydrogen-bond donors (Lipinski definition) is 1. The van der Waals surface area contributed by atoms with Crippen molar-refractivity contribution in [1.82, 2.24) is 0 Å². The van der Waals surface area contributed by atoms with Crippen molar-refractivity contribution in [2.24, 2.45) is 4.99 Å². The Balaban J connectivity index is 0.00000509. The van der Waals surface area contributed by atoms with E-state index in [4.69, 9.17) is 47.8 Å². The molecule has 41 heavy (non-hydrogen) atoms. The highest BCUT2D eigenvalue weighted by Crippen LogP contribution is 2.08. The number of carbonyl (C=O) groups excluding carboxylic acids is 1. The number of ketones is 1. The molecule has 15 heteroatoms. The molecule has 0 saturated heterocycles. The molecule has 0 aromatic heterocycles. The van der Waals surface area contributed by atoms with Gasteiger partial charge in [0.15, 0.2) is 5.78 Å². The number of aliphatic imine (C=N–C) groups is 1. The van der Waals surface area contributed by atoms with Crippen molar-refractivity contribution >= 4 is 18.0 Å². The zero-order chi connectivity index (χ0) is 30.2. The van der Waals surface area contributed by atoms with Gasteiger partial charge in [0.2, 0.25) is 0 Å². The summed E-state index contributed by atoms with van der Waals surface area (Å²) in [5.41, 5.74) is 0.116. The number of allylic oxidation sites excluding steroid dienone is 1. The summed E-state index contributed by atoms with van der Waals surface area (Å²) in [4.78, 5) is 34.3. The molecule has 0 aromatic rings. The Labute approximate surface area is 241 Å². The Morgan fingerprint density at radius 1 is 0.780 bits per heavy atom. The number of carboxylic acid groups (broad SMARTS) is 1. The van der Waals surface area contributed by atoms with Gasteiger partial charge in [0.05, 0.1) is 97.4 Å². The van der Waals surface area contributed by atoms with Gasteiger partial charge >= 0.3 is 0 Å². The third-order valence-electron chi connectivity index (χ3n) is 4.88. The first-order chi connectivity index (χ1) is 20.1. The van der Waals surface area contributed by atoms with E-state index in [0.717, 1.165) is 13.0 Å². The van der Waals surface area contributed by atoms with Crippen molar-refractivity contribution in [3.63, 3.8) is 0 Å². The lowest BCUT2D eigenvalue weighted by Gasteiger charge is -2.08. The maximum Gasteiger partial charge on any atom is 0.290 e. The van der Waals surface area contributed by atoms with Crippen molar-refractivity contribution < 1.29 is 57.5 Å². The van der Waals surface area contributed by atoms with Crippen LogP contribution in [0.2, 0.25) is 0 Å². The molecule has 238 valence electrons. The van der Waals surface area contributed by atoms with Crippen LogP contribution in [0.3, 0.4) is 0 Å².